The minimum atomic E-state index is -0.285. The first-order valence-electron chi connectivity index (χ1n) is 15.9. The van der Waals surface area contributed by atoms with Crippen molar-refractivity contribution in [2.24, 2.45) is 0 Å². The van der Waals surface area contributed by atoms with Crippen LogP contribution in [-0.2, 0) is 19.6 Å². The maximum absolute atomic E-state index is 13.1. The maximum atomic E-state index is 13.1. The molecule has 0 spiro atoms. The van der Waals surface area contributed by atoms with Gasteiger partial charge in [-0.15, -0.1) is 0 Å². The number of hydrogen-bond donors (Lipinski definition) is 2. The van der Waals surface area contributed by atoms with Gasteiger partial charge in [-0.05, 0) is 77.7 Å². The zero-order chi connectivity index (χ0) is 33.3. The van der Waals surface area contributed by atoms with Gasteiger partial charge in [0.2, 0.25) is 0 Å². The van der Waals surface area contributed by atoms with Crippen molar-refractivity contribution in [3.05, 3.63) is 83.4 Å². The third-order valence-electron chi connectivity index (χ3n) is 7.02. The molecule has 0 aromatic heterocycles. The summed E-state index contributed by atoms with van der Waals surface area (Å²) in [6.45, 7) is 10.8. The van der Waals surface area contributed by atoms with Crippen molar-refractivity contribution in [1.82, 2.24) is 10.6 Å². The van der Waals surface area contributed by atoms with Crippen molar-refractivity contribution in [3.8, 4) is 23.0 Å². The van der Waals surface area contributed by atoms with E-state index >= 15 is 0 Å². The maximum Gasteiger partial charge on any atom is 0.251 e. The van der Waals surface area contributed by atoms with Crippen LogP contribution in [-0.4, -0.2) is 91.0 Å². The van der Waals surface area contributed by atoms with Crippen molar-refractivity contribution < 1.29 is 42.7 Å². The fraction of sp³-hybridized carbons (Fsp3) is 0.444. The largest absolute Gasteiger partial charge is 0.492 e. The Balaban J connectivity index is 1.35. The number of benzene rings is 3. The average molecular weight is 651 g/mol. The Morgan fingerprint density at radius 2 is 0.787 bits per heavy atom. The molecule has 0 radical (unpaired) electrons. The fourth-order valence-electron chi connectivity index (χ4n) is 4.44. The third kappa shape index (κ3) is 12.8. The lowest BCUT2D eigenvalue weighted by molar-refractivity contribution is 0.00498. The summed E-state index contributed by atoms with van der Waals surface area (Å²) in [5.41, 5.74) is 1.42. The molecule has 0 fully saturated rings. The van der Waals surface area contributed by atoms with E-state index in [1.807, 2.05) is 81.4 Å². The van der Waals surface area contributed by atoms with E-state index in [9.17, 15) is 9.59 Å². The van der Waals surface area contributed by atoms with E-state index in [1.165, 1.54) is 0 Å². The molecule has 47 heavy (non-hydrogen) atoms. The molecule has 11 heteroatoms. The molecule has 0 aliphatic carbocycles. The van der Waals surface area contributed by atoms with E-state index < -0.39 is 0 Å². The van der Waals surface area contributed by atoms with Crippen LogP contribution in [0.3, 0.4) is 0 Å². The van der Waals surface area contributed by atoms with Gasteiger partial charge in [0.05, 0.1) is 52.7 Å². The summed E-state index contributed by atoms with van der Waals surface area (Å²) in [5.74, 6) is 2.14. The molecule has 3 aromatic carbocycles. The molecule has 11 nitrogen and oxygen atoms in total. The van der Waals surface area contributed by atoms with Crippen LogP contribution in [0.5, 0.6) is 23.0 Å². The van der Waals surface area contributed by atoms with Crippen LogP contribution in [0.2, 0.25) is 0 Å². The van der Waals surface area contributed by atoms with Gasteiger partial charge in [0.15, 0.2) is 0 Å². The molecule has 0 saturated carbocycles. The van der Waals surface area contributed by atoms with Gasteiger partial charge in [0.25, 0.3) is 11.8 Å². The lowest BCUT2D eigenvalue weighted by Gasteiger charge is -2.21. The van der Waals surface area contributed by atoms with Gasteiger partial charge in [-0.3, -0.25) is 9.59 Å². The van der Waals surface area contributed by atoms with Gasteiger partial charge in [0, 0.05) is 11.1 Å². The second-order valence-electron chi connectivity index (χ2n) is 11.7. The van der Waals surface area contributed by atoms with Crippen LogP contribution in [0, 0.1) is 0 Å². The van der Waals surface area contributed by atoms with E-state index in [-0.39, 0.29) is 43.5 Å². The van der Waals surface area contributed by atoms with Crippen molar-refractivity contribution >= 4 is 11.8 Å². The first kappa shape index (κ1) is 35.5. The van der Waals surface area contributed by atoms with E-state index in [4.69, 9.17) is 33.2 Å². The summed E-state index contributed by atoms with van der Waals surface area (Å²) in [7, 11) is 0. The summed E-state index contributed by atoms with van der Waals surface area (Å²) in [6, 6.07) is 19.8. The molecular formula is C36H46N2O9. The molecule has 254 valence electrons. The van der Waals surface area contributed by atoms with Crippen LogP contribution in [0.4, 0.5) is 0 Å². The molecule has 0 unspecified atom stereocenters. The SMILES string of the molecule is CC(C)(C)c1cc2cc(c1)C(=O)NCCOc1ccc(cc1)OCCOCCOCCOCCOc1ccc(cc1)OCCNC2=O. The molecule has 4 aliphatic heterocycles. The lowest BCUT2D eigenvalue weighted by atomic mass is 9.85. The van der Waals surface area contributed by atoms with Gasteiger partial charge in [-0.25, -0.2) is 0 Å². The Hall–Kier alpha value is -4.32. The Labute approximate surface area is 276 Å². The van der Waals surface area contributed by atoms with Gasteiger partial charge >= 0.3 is 0 Å². The Morgan fingerprint density at radius 1 is 0.468 bits per heavy atom. The number of amides is 2. The first-order chi connectivity index (χ1) is 22.8. The summed E-state index contributed by atoms with van der Waals surface area (Å²) < 4.78 is 39.7. The van der Waals surface area contributed by atoms with Crippen LogP contribution in [0.15, 0.2) is 66.7 Å². The average Bonchev–Trinajstić information content (AvgIpc) is 3.07. The van der Waals surface area contributed by atoms with Gasteiger partial charge in [0.1, 0.15) is 49.4 Å². The minimum absolute atomic E-state index is 0.271. The summed E-state index contributed by atoms with van der Waals surface area (Å²) in [5, 5.41) is 5.78. The van der Waals surface area contributed by atoms with Crippen LogP contribution in [0.1, 0.15) is 47.1 Å². The van der Waals surface area contributed by atoms with Gasteiger partial charge in [-0.2, -0.15) is 0 Å². The van der Waals surface area contributed by atoms with Crippen LogP contribution in [0.25, 0.3) is 0 Å². The van der Waals surface area contributed by atoms with E-state index in [0.717, 1.165) is 5.56 Å². The highest BCUT2D eigenvalue weighted by Gasteiger charge is 2.20. The first-order valence-corrected chi connectivity index (χ1v) is 15.9. The second kappa shape index (κ2) is 18.7. The molecular weight excluding hydrogens is 604 g/mol. The third-order valence-corrected chi connectivity index (χ3v) is 7.02. The molecule has 2 amide bonds. The van der Waals surface area contributed by atoms with Crippen molar-refractivity contribution in [2.45, 2.75) is 26.2 Å². The zero-order valence-electron chi connectivity index (χ0n) is 27.5. The van der Waals surface area contributed by atoms with Crippen molar-refractivity contribution in [1.29, 1.82) is 0 Å². The highest BCUT2D eigenvalue weighted by Crippen LogP contribution is 2.25. The Morgan fingerprint density at radius 3 is 1.13 bits per heavy atom. The lowest BCUT2D eigenvalue weighted by Crippen LogP contribution is -2.31. The molecule has 4 heterocycles. The summed E-state index contributed by atoms with van der Waals surface area (Å²) in [6.07, 6.45) is 0. The number of carbonyl (C=O) groups is 2. The zero-order valence-corrected chi connectivity index (χ0v) is 27.5. The molecule has 4 aliphatic rings. The highest BCUT2D eigenvalue weighted by molar-refractivity contribution is 6.00. The van der Waals surface area contributed by atoms with E-state index in [2.05, 4.69) is 10.6 Å². The number of hydrogen-bond acceptors (Lipinski definition) is 9. The molecule has 3 aromatic rings. The number of rotatable bonds is 0. The number of carbonyl (C=O) groups excluding carboxylic acids is 2. The van der Waals surface area contributed by atoms with Gasteiger partial charge in [-0.1, -0.05) is 20.8 Å². The summed E-state index contributed by atoms with van der Waals surface area (Å²) >= 11 is 0. The minimum Gasteiger partial charge on any atom is -0.492 e. The second-order valence-corrected chi connectivity index (χ2v) is 11.7. The van der Waals surface area contributed by atoms with Crippen LogP contribution >= 0.6 is 0 Å². The highest BCUT2D eigenvalue weighted by atomic mass is 16.6. The standard InChI is InChI=1S/C36H46N2O9/c1-36(2,3)29-25-27-24-28(26-29)35(40)38-13-15-45-31-6-10-33(11-7-31)47-23-21-43-19-17-41-16-18-42-20-22-46-32-8-4-30(5-9-32)44-14-12-37-34(27)39/h4-11,24-26H,12-23H2,1-3H3,(H,37,39)(H,38,40). The fourth-order valence-corrected chi connectivity index (χ4v) is 4.44. The van der Waals surface area contributed by atoms with E-state index in [0.29, 0.717) is 87.0 Å². The van der Waals surface area contributed by atoms with E-state index in [1.54, 1.807) is 6.07 Å². The molecule has 7 rings (SSSR count). The Bertz CT molecular complexity index is 1290. The quantitative estimate of drug-likeness (QED) is 0.364. The smallest absolute Gasteiger partial charge is 0.251 e. The van der Waals surface area contributed by atoms with Crippen LogP contribution < -0.4 is 29.6 Å². The topological polar surface area (TPSA) is 123 Å². The molecule has 6 bridgehead atoms. The normalized spacial score (nSPS) is 17.1. The molecule has 0 atom stereocenters. The predicted molar refractivity (Wildman–Crippen MR) is 177 cm³/mol. The molecule has 0 saturated heterocycles. The monoisotopic (exact) mass is 650 g/mol. The van der Waals surface area contributed by atoms with Gasteiger partial charge < -0.3 is 43.8 Å². The predicted octanol–water partition coefficient (Wildman–Crippen LogP) is 4.42. The Kier molecular flexibility index (Phi) is 14.2. The van der Waals surface area contributed by atoms with Crippen molar-refractivity contribution in [3.63, 3.8) is 0 Å². The number of ether oxygens (including phenoxy) is 7. The van der Waals surface area contributed by atoms with Crippen molar-refractivity contribution in [2.75, 3.05) is 79.2 Å². The summed E-state index contributed by atoms with van der Waals surface area (Å²) in [4.78, 5) is 26.2. The molecule has 2 N–H and O–H groups in total. The number of nitrogens with one attached hydrogen (secondary N) is 2.